The van der Waals surface area contributed by atoms with E-state index in [9.17, 15) is 5.11 Å². The van der Waals surface area contributed by atoms with E-state index in [2.05, 4.69) is 42.0 Å². The lowest BCUT2D eigenvalue weighted by molar-refractivity contribution is 0.121. The highest BCUT2D eigenvalue weighted by atomic mass is 79.9. The Kier molecular flexibility index (Phi) is 4.53. The molecule has 3 heteroatoms. The molecule has 16 heavy (non-hydrogen) atoms. The first-order valence-corrected chi connectivity index (χ1v) is 6.30. The van der Waals surface area contributed by atoms with Gasteiger partial charge in [0.15, 0.2) is 0 Å². The van der Waals surface area contributed by atoms with Crippen molar-refractivity contribution >= 4 is 15.9 Å². The molecule has 2 atom stereocenters. The summed E-state index contributed by atoms with van der Waals surface area (Å²) in [5, 5.41) is 13.5. The summed E-state index contributed by atoms with van der Waals surface area (Å²) >= 11 is 3.38. The summed E-state index contributed by atoms with van der Waals surface area (Å²) in [5.41, 5.74) is 0.947. The molecule has 1 aromatic rings. The standard InChI is InChI=1S/C13H20BrNO/c1-9(15-13(2,3)4)12(16)10-5-7-11(14)8-6-10/h5-9,12,15-16H,1-4H3. The monoisotopic (exact) mass is 285 g/mol. The third-order valence-electron chi connectivity index (χ3n) is 2.35. The van der Waals surface area contributed by atoms with Gasteiger partial charge in [0.2, 0.25) is 0 Å². The van der Waals surface area contributed by atoms with E-state index in [1.54, 1.807) is 0 Å². The third kappa shape index (κ3) is 4.24. The Balaban J connectivity index is 2.70. The maximum Gasteiger partial charge on any atom is 0.0940 e. The molecule has 0 aliphatic rings. The molecule has 1 rings (SSSR count). The fourth-order valence-electron chi connectivity index (χ4n) is 1.71. The molecule has 0 aliphatic carbocycles. The van der Waals surface area contributed by atoms with Crippen LogP contribution in [0, 0.1) is 0 Å². The Hall–Kier alpha value is -0.380. The van der Waals surface area contributed by atoms with Gasteiger partial charge in [-0.15, -0.1) is 0 Å². The summed E-state index contributed by atoms with van der Waals surface area (Å²) in [5.74, 6) is 0. The van der Waals surface area contributed by atoms with E-state index in [0.717, 1.165) is 10.0 Å². The molecule has 0 fully saturated rings. The lowest BCUT2D eigenvalue weighted by atomic mass is 10.00. The Bertz CT molecular complexity index is 329. The average Bonchev–Trinajstić information content (AvgIpc) is 2.15. The van der Waals surface area contributed by atoms with Crippen molar-refractivity contribution in [3.8, 4) is 0 Å². The van der Waals surface area contributed by atoms with Crippen molar-refractivity contribution < 1.29 is 5.11 Å². The number of nitrogens with one attached hydrogen (secondary N) is 1. The van der Waals surface area contributed by atoms with E-state index < -0.39 is 6.10 Å². The molecule has 0 aromatic heterocycles. The number of aliphatic hydroxyl groups is 1. The van der Waals surface area contributed by atoms with Gasteiger partial charge in [-0.2, -0.15) is 0 Å². The largest absolute Gasteiger partial charge is 0.387 e. The second-order valence-electron chi connectivity index (χ2n) is 5.18. The zero-order chi connectivity index (χ0) is 12.3. The molecule has 0 bridgehead atoms. The van der Waals surface area contributed by atoms with Crippen LogP contribution in [0.5, 0.6) is 0 Å². The molecule has 0 saturated carbocycles. The Morgan fingerprint density at radius 2 is 1.69 bits per heavy atom. The number of halogens is 1. The summed E-state index contributed by atoms with van der Waals surface area (Å²) in [6, 6.07) is 7.80. The third-order valence-corrected chi connectivity index (χ3v) is 2.87. The van der Waals surface area contributed by atoms with E-state index in [1.807, 2.05) is 31.2 Å². The molecular weight excluding hydrogens is 266 g/mol. The van der Waals surface area contributed by atoms with Crippen LogP contribution >= 0.6 is 15.9 Å². The van der Waals surface area contributed by atoms with Crippen LogP contribution < -0.4 is 5.32 Å². The summed E-state index contributed by atoms with van der Waals surface area (Å²) in [6.45, 7) is 8.28. The fourth-order valence-corrected chi connectivity index (χ4v) is 1.97. The lowest BCUT2D eigenvalue weighted by Crippen LogP contribution is -2.44. The highest BCUT2D eigenvalue weighted by Crippen LogP contribution is 2.20. The summed E-state index contributed by atoms with van der Waals surface area (Å²) in [7, 11) is 0. The van der Waals surface area contributed by atoms with Gasteiger partial charge in [-0.25, -0.2) is 0 Å². The fraction of sp³-hybridized carbons (Fsp3) is 0.538. The van der Waals surface area contributed by atoms with E-state index in [-0.39, 0.29) is 11.6 Å². The SMILES string of the molecule is CC(NC(C)(C)C)C(O)c1ccc(Br)cc1. The van der Waals surface area contributed by atoms with E-state index in [0.29, 0.717) is 0 Å². The molecule has 2 nitrogen and oxygen atoms in total. The maximum absolute atomic E-state index is 10.2. The summed E-state index contributed by atoms with van der Waals surface area (Å²) in [4.78, 5) is 0. The van der Waals surface area contributed by atoms with Crippen LogP contribution in [0.25, 0.3) is 0 Å². The predicted octanol–water partition coefficient (Wildman–Crippen LogP) is 3.26. The number of hydrogen-bond donors (Lipinski definition) is 2. The lowest BCUT2D eigenvalue weighted by Gasteiger charge is -2.29. The van der Waals surface area contributed by atoms with Crippen LogP contribution in [0.3, 0.4) is 0 Å². The molecule has 0 amide bonds. The molecule has 0 heterocycles. The van der Waals surface area contributed by atoms with Crippen molar-refractivity contribution in [3.63, 3.8) is 0 Å². The molecule has 2 N–H and O–H groups in total. The van der Waals surface area contributed by atoms with Crippen molar-refractivity contribution in [2.75, 3.05) is 0 Å². The van der Waals surface area contributed by atoms with Crippen molar-refractivity contribution in [1.82, 2.24) is 5.32 Å². The van der Waals surface area contributed by atoms with Gasteiger partial charge < -0.3 is 10.4 Å². The molecule has 2 unspecified atom stereocenters. The predicted molar refractivity (Wildman–Crippen MR) is 71.5 cm³/mol. The minimum atomic E-state index is -0.479. The minimum absolute atomic E-state index is 0.00968. The number of aliphatic hydroxyl groups excluding tert-OH is 1. The topological polar surface area (TPSA) is 32.3 Å². The Morgan fingerprint density at radius 1 is 1.19 bits per heavy atom. The zero-order valence-corrected chi connectivity index (χ0v) is 11.9. The van der Waals surface area contributed by atoms with Gasteiger partial charge in [-0.1, -0.05) is 28.1 Å². The molecule has 90 valence electrons. The second-order valence-corrected chi connectivity index (χ2v) is 6.10. The molecule has 1 aromatic carbocycles. The van der Waals surface area contributed by atoms with Crippen LogP contribution in [0.1, 0.15) is 39.4 Å². The highest BCUT2D eigenvalue weighted by Gasteiger charge is 2.21. The first-order valence-electron chi connectivity index (χ1n) is 5.51. The number of hydrogen-bond acceptors (Lipinski definition) is 2. The van der Waals surface area contributed by atoms with Crippen LogP contribution in [-0.4, -0.2) is 16.7 Å². The van der Waals surface area contributed by atoms with Crippen LogP contribution in [0.4, 0.5) is 0 Å². The van der Waals surface area contributed by atoms with Gasteiger partial charge in [0, 0.05) is 16.1 Å². The van der Waals surface area contributed by atoms with E-state index in [4.69, 9.17) is 0 Å². The van der Waals surface area contributed by atoms with Crippen molar-refractivity contribution in [1.29, 1.82) is 0 Å². The number of benzene rings is 1. The van der Waals surface area contributed by atoms with Gasteiger partial charge in [0.25, 0.3) is 0 Å². The molecule has 0 spiro atoms. The molecule has 0 saturated heterocycles. The van der Waals surface area contributed by atoms with Crippen molar-refractivity contribution in [3.05, 3.63) is 34.3 Å². The van der Waals surface area contributed by atoms with E-state index >= 15 is 0 Å². The van der Waals surface area contributed by atoms with Gasteiger partial charge in [0.05, 0.1) is 6.10 Å². The van der Waals surface area contributed by atoms with Crippen LogP contribution in [0.2, 0.25) is 0 Å². The minimum Gasteiger partial charge on any atom is -0.387 e. The van der Waals surface area contributed by atoms with Gasteiger partial charge in [-0.05, 0) is 45.4 Å². The van der Waals surface area contributed by atoms with Crippen molar-refractivity contribution in [2.24, 2.45) is 0 Å². The highest BCUT2D eigenvalue weighted by molar-refractivity contribution is 9.10. The maximum atomic E-state index is 10.2. The Morgan fingerprint density at radius 3 is 2.12 bits per heavy atom. The van der Waals surface area contributed by atoms with Gasteiger partial charge >= 0.3 is 0 Å². The quantitative estimate of drug-likeness (QED) is 0.894. The normalized spacial score (nSPS) is 15.9. The van der Waals surface area contributed by atoms with Gasteiger partial charge in [-0.3, -0.25) is 0 Å². The Labute approximate surface area is 106 Å². The number of rotatable bonds is 3. The zero-order valence-electron chi connectivity index (χ0n) is 10.3. The summed E-state index contributed by atoms with van der Waals surface area (Å²) in [6.07, 6.45) is -0.479. The molecule has 0 aliphatic heterocycles. The van der Waals surface area contributed by atoms with Crippen molar-refractivity contribution in [2.45, 2.75) is 45.4 Å². The van der Waals surface area contributed by atoms with Crippen LogP contribution in [0.15, 0.2) is 28.7 Å². The van der Waals surface area contributed by atoms with E-state index in [1.165, 1.54) is 0 Å². The molecule has 0 radical (unpaired) electrons. The van der Waals surface area contributed by atoms with Gasteiger partial charge in [0.1, 0.15) is 0 Å². The first kappa shape index (κ1) is 13.7. The summed E-state index contributed by atoms with van der Waals surface area (Å²) < 4.78 is 1.03. The smallest absolute Gasteiger partial charge is 0.0940 e. The average molecular weight is 286 g/mol. The second kappa shape index (κ2) is 5.30. The van der Waals surface area contributed by atoms with Crippen LogP contribution in [-0.2, 0) is 0 Å². The molecular formula is C13H20BrNO. The first-order chi connectivity index (χ1) is 7.29.